The van der Waals surface area contributed by atoms with Crippen LogP contribution < -0.4 is 5.73 Å². The number of hydrogen-bond acceptors (Lipinski definition) is 3. The molecule has 4 nitrogen and oxygen atoms in total. The van der Waals surface area contributed by atoms with E-state index in [1.807, 2.05) is 0 Å². The van der Waals surface area contributed by atoms with Gasteiger partial charge in [-0.05, 0) is 24.1 Å². The summed E-state index contributed by atoms with van der Waals surface area (Å²) in [6.45, 7) is 0. The zero-order valence-electron chi connectivity index (χ0n) is 8.32. The number of nitrogens with one attached hydrogen (secondary N) is 1. The summed E-state index contributed by atoms with van der Waals surface area (Å²) in [4.78, 5) is 0. The molecule has 0 radical (unpaired) electrons. The van der Waals surface area contributed by atoms with E-state index in [0.29, 0.717) is 22.2 Å². The van der Waals surface area contributed by atoms with Gasteiger partial charge < -0.3 is 5.73 Å². The zero-order chi connectivity index (χ0) is 11.5. The first-order valence-corrected chi connectivity index (χ1v) is 5.48. The number of halogens is 2. The van der Waals surface area contributed by atoms with E-state index in [0.717, 1.165) is 5.56 Å². The predicted molar refractivity (Wildman–Crippen MR) is 63.5 cm³/mol. The lowest BCUT2D eigenvalue weighted by Crippen LogP contribution is -2.14. The molecule has 2 rings (SSSR count). The Kier molecular flexibility index (Phi) is 3.43. The minimum atomic E-state index is -0.267. The summed E-state index contributed by atoms with van der Waals surface area (Å²) >= 11 is 12.1. The molecule has 0 fully saturated rings. The van der Waals surface area contributed by atoms with E-state index in [2.05, 4.69) is 15.4 Å². The van der Waals surface area contributed by atoms with Crippen molar-refractivity contribution in [2.24, 2.45) is 5.73 Å². The van der Waals surface area contributed by atoms with Gasteiger partial charge in [0.15, 0.2) is 0 Å². The zero-order valence-corrected chi connectivity index (χ0v) is 9.83. The summed E-state index contributed by atoms with van der Waals surface area (Å²) in [5.74, 6) is 0. The van der Waals surface area contributed by atoms with Crippen molar-refractivity contribution in [3.05, 3.63) is 45.7 Å². The molecule has 2 aromatic rings. The quantitative estimate of drug-likeness (QED) is 0.886. The molecule has 0 saturated carbocycles. The average molecular weight is 257 g/mol. The van der Waals surface area contributed by atoms with Gasteiger partial charge in [-0.15, -0.1) is 0 Å². The minimum Gasteiger partial charge on any atom is -0.322 e. The largest absolute Gasteiger partial charge is 0.322 e. The summed E-state index contributed by atoms with van der Waals surface area (Å²) < 4.78 is 0. The molecule has 3 N–H and O–H groups in total. The monoisotopic (exact) mass is 256 g/mol. The predicted octanol–water partition coefficient (Wildman–Crippen LogP) is 2.35. The van der Waals surface area contributed by atoms with Crippen molar-refractivity contribution in [1.82, 2.24) is 15.4 Å². The highest BCUT2D eigenvalue weighted by molar-refractivity contribution is 6.35. The Morgan fingerprint density at radius 3 is 2.56 bits per heavy atom. The van der Waals surface area contributed by atoms with Crippen molar-refractivity contribution >= 4 is 23.2 Å². The highest BCUT2D eigenvalue weighted by Crippen LogP contribution is 2.27. The Morgan fingerprint density at radius 2 is 2.00 bits per heavy atom. The van der Waals surface area contributed by atoms with Crippen molar-refractivity contribution in [1.29, 1.82) is 0 Å². The number of nitrogens with two attached hydrogens (primary N) is 1. The van der Waals surface area contributed by atoms with Gasteiger partial charge in [0.25, 0.3) is 0 Å². The second-order valence-corrected chi connectivity index (χ2v) is 4.22. The van der Waals surface area contributed by atoms with Gasteiger partial charge in [-0.1, -0.05) is 29.3 Å². The maximum Gasteiger partial charge on any atom is 0.0995 e. The topological polar surface area (TPSA) is 67.6 Å². The normalized spacial score (nSPS) is 12.7. The number of hydrogen-bond donors (Lipinski definition) is 2. The first-order chi connectivity index (χ1) is 7.68. The Labute approximate surface area is 103 Å². The van der Waals surface area contributed by atoms with Gasteiger partial charge in [0, 0.05) is 10.0 Å². The molecular formula is C10H10Cl2N4. The van der Waals surface area contributed by atoms with Crippen LogP contribution in [0.5, 0.6) is 0 Å². The van der Waals surface area contributed by atoms with Gasteiger partial charge in [-0.3, -0.25) is 0 Å². The second-order valence-electron chi connectivity index (χ2n) is 3.41. The van der Waals surface area contributed by atoms with E-state index >= 15 is 0 Å². The molecule has 6 heteroatoms. The number of aromatic nitrogens is 3. The van der Waals surface area contributed by atoms with Gasteiger partial charge in [-0.2, -0.15) is 15.4 Å². The third-order valence-electron chi connectivity index (χ3n) is 2.30. The van der Waals surface area contributed by atoms with Gasteiger partial charge in [0.1, 0.15) is 0 Å². The summed E-state index contributed by atoms with van der Waals surface area (Å²) in [5, 5.41) is 11.4. The van der Waals surface area contributed by atoms with Crippen LogP contribution in [0, 0.1) is 0 Å². The summed E-state index contributed by atoms with van der Waals surface area (Å²) in [7, 11) is 0. The molecule has 0 aliphatic heterocycles. The standard InChI is InChI=1S/C10H10Cl2N4/c11-7-2-1-3-8(12)6(7)4-9(13)10-5-14-16-15-10/h1-3,5,9H,4,13H2,(H,14,15,16). The summed E-state index contributed by atoms with van der Waals surface area (Å²) in [6, 6.07) is 5.11. The summed E-state index contributed by atoms with van der Waals surface area (Å²) in [5.41, 5.74) is 7.49. The molecule has 16 heavy (non-hydrogen) atoms. The van der Waals surface area contributed by atoms with E-state index in [1.165, 1.54) is 0 Å². The van der Waals surface area contributed by atoms with Gasteiger partial charge in [0.05, 0.1) is 17.9 Å². The van der Waals surface area contributed by atoms with Gasteiger partial charge in [0.2, 0.25) is 0 Å². The third kappa shape index (κ3) is 2.35. The van der Waals surface area contributed by atoms with E-state index in [4.69, 9.17) is 28.9 Å². The fourth-order valence-electron chi connectivity index (χ4n) is 1.44. The van der Waals surface area contributed by atoms with Crippen molar-refractivity contribution in [3.8, 4) is 0 Å². The van der Waals surface area contributed by atoms with E-state index in [9.17, 15) is 0 Å². The molecule has 0 amide bonds. The molecular weight excluding hydrogens is 247 g/mol. The molecule has 1 unspecified atom stereocenters. The summed E-state index contributed by atoms with van der Waals surface area (Å²) in [6.07, 6.45) is 2.13. The molecule has 84 valence electrons. The number of rotatable bonds is 3. The Hall–Kier alpha value is -1.10. The fraction of sp³-hybridized carbons (Fsp3) is 0.200. The van der Waals surface area contributed by atoms with E-state index < -0.39 is 0 Å². The SMILES string of the molecule is NC(Cc1c(Cl)cccc1Cl)c1cn[nH]n1. The van der Waals surface area contributed by atoms with Crippen LogP contribution in [0.2, 0.25) is 10.0 Å². The van der Waals surface area contributed by atoms with Crippen LogP contribution >= 0.6 is 23.2 Å². The number of benzene rings is 1. The van der Waals surface area contributed by atoms with Crippen LogP contribution in [-0.4, -0.2) is 15.4 Å². The Bertz CT molecular complexity index is 449. The Morgan fingerprint density at radius 1 is 1.31 bits per heavy atom. The van der Waals surface area contributed by atoms with Crippen molar-refractivity contribution in [3.63, 3.8) is 0 Å². The molecule has 0 aliphatic rings. The van der Waals surface area contributed by atoms with Crippen LogP contribution in [0.4, 0.5) is 0 Å². The number of H-pyrrole nitrogens is 1. The van der Waals surface area contributed by atoms with Gasteiger partial charge >= 0.3 is 0 Å². The molecule has 1 heterocycles. The highest BCUT2D eigenvalue weighted by Gasteiger charge is 2.14. The third-order valence-corrected chi connectivity index (χ3v) is 3.01. The van der Waals surface area contributed by atoms with Crippen molar-refractivity contribution in [2.75, 3.05) is 0 Å². The van der Waals surface area contributed by atoms with Crippen LogP contribution in [0.3, 0.4) is 0 Å². The molecule has 0 saturated heterocycles. The number of nitrogens with zero attached hydrogens (tertiary/aromatic N) is 2. The molecule has 0 bridgehead atoms. The fourth-order valence-corrected chi connectivity index (χ4v) is 1.99. The Balaban J connectivity index is 2.21. The van der Waals surface area contributed by atoms with Crippen LogP contribution in [0.25, 0.3) is 0 Å². The van der Waals surface area contributed by atoms with Crippen LogP contribution in [0.15, 0.2) is 24.4 Å². The highest BCUT2D eigenvalue weighted by atomic mass is 35.5. The van der Waals surface area contributed by atoms with E-state index in [-0.39, 0.29) is 6.04 Å². The van der Waals surface area contributed by atoms with Crippen LogP contribution in [0.1, 0.15) is 17.3 Å². The lowest BCUT2D eigenvalue weighted by atomic mass is 10.0. The lowest BCUT2D eigenvalue weighted by Gasteiger charge is -2.11. The molecule has 1 atom stereocenters. The molecule has 0 aliphatic carbocycles. The average Bonchev–Trinajstić information content (AvgIpc) is 2.76. The maximum atomic E-state index is 6.05. The first kappa shape index (κ1) is 11.4. The van der Waals surface area contributed by atoms with Crippen molar-refractivity contribution in [2.45, 2.75) is 12.5 Å². The van der Waals surface area contributed by atoms with Crippen LogP contribution in [-0.2, 0) is 6.42 Å². The van der Waals surface area contributed by atoms with Gasteiger partial charge in [-0.25, -0.2) is 0 Å². The van der Waals surface area contributed by atoms with E-state index in [1.54, 1.807) is 24.4 Å². The molecule has 1 aromatic heterocycles. The smallest absolute Gasteiger partial charge is 0.0995 e. The first-order valence-electron chi connectivity index (χ1n) is 4.72. The minimum absolute atomic E-state index is 0.267. The molecule has 1 aromatic carbocycles. The lowest BCUT2D eigenvalue weighted by molar-refractivity contribution is 0.691. The molecule has 0 spiro atoms. The number of aromatic amines is 1. The second kappa shape index (κ2) is 4.82. The maximum absolute atomic E-state index is 6.05. The van der Waals surface area contributed by atoms with Crippen molar-refractivity contribution < 1.29 is 0 Å².